The number of carbonyl (C=O) groups is 2. The van der Waals surface area contributed by atoms with Gasteiger partial charge in [-0.05, 0) is 41.8 Å². The summed E-state index contributed by atoms with van der Waals surface area (Å²) >= 11 is 1.04. The van der Waals surface area contributed by atoms with Crippen LogP contribution in [0, 0.1) is 0 Å². The van der Waals surface area contributed by atoms with E-state index in [4.69, 9.17) is 9.47 Å². The van der Waals surface area contributed by atoms with Crippen LogP contribution < -0.4 is 20.1 Å². The molecule has 0 radical (unpaired) electrons. The topological polar surface area (TPSA) is 89.6 Å². The minimum Gasteiger partial charge on any atom is -0.492 e. The highest BCUT2D eigenvalue weighted by molar-refractivity contribution is 8.15. The summed E-state index contributed by atoms with van der Waals surface area (Å²) in [7, 11) is 0. The van der Waals surface area contributed by atoms with E-state index in [1.807, 2.05) is 66.7 Å². The standard InChI is InChI=1S/C25H25N3O4S/c29-24-23(33-25(30)28-24)14-18-6-9-21(10-7-18)31-13-12-26-15-20-8-11-22(16-27-20)32-17-19-4-2-1-3-5-19/h1-11,16,23,26H,12-15,17H2,(H,28,29,30)/t23-/m1/s1. The lowest BCUT2D eigenvalue weighted by atomic mass is 10.1. The van der Waals surface area contributed by atoms with Crippen LogP contribution in [0.2, 0.25) is 0 Å². The van der Waals surface area contributed by atoms with Gasteiger partial charge in [0, 0.05) is 13.1 Å². The quantitative estimate of drug-likeness (QED) is 0.419. The number of nitrogens with one attached hydrogen (secondary N) is 2. The Kier molecular flexibility index (Phi) is 7.94. The first-order chi connectivity index (χ1) is 16.2. The van der Waals surface area contributed by atoms with Crippen LogP contribution in [0.25, 0.3) is 0 Å². The van der Waals surface area contributed by atoms with Gasteiger partial charge in [-0.2, -0.15) is 0 Å². The smallest absolute Gasteiger partial charge is 0.286 e. The molecular formula is C25H25N3O4S. The molecule has 0 saturated carbocycles. The predicted molar refractivity (Wildman–Crippen MR) is 127 cm³/mol. The van der Waals surface area contributed by atoms with E-state index < -0.39 is 0 Å². The highest BCUT2D eigenvalue weighted by Gasteiger charge is 2.31. The fourth-order valence-electron chi connectivity index (χ4n) is 3.26. The molecule has 1 aliphatic rings. The summed E-state index contributed by atoms with van der Waals surface area (Å²) in [4.78, 5) is 27.4. The molecule has 1 atom stereocenters. The molecule has 1 fully saturated rings. The number of rotatable bonds is 11. The van der Waals surface area contributed by atoms with Crippen molar-refractivity contribution >= 4 is 22.9 Å². The number of thioether (sulfide) groups is 1. The van der Waals surface area contributed by atoms with E-state index in [2.05, 4.69) is 15.6 Å². The van der Waals surface area contributed by atoms with Gasteiger partial charge in [0.2, 0.25) is 5.91 Å². The van der Waals surface area contributed by atoms with Crippen LogP contribution in [0.5, 0.6) is 11.5 Å². The monoisotopic (exact) mass is 463 g/mol. The Hall–Kier alpha value is -3.36. The van der Waals surface area contributed by atoms with Crippen LogP contribution >= 0.6 is 11.8 Å². The Morgan fingerprint density at radius 2 is 1.70 bits per heavy atom. The van der Waals surface area contributed by atoms with Gasteiger partial charge < -0.3 is 14.8 Å². The third-order valence-corrected chi connectivity index (χ3v) is 5.99. The second-order valence-electron chi connectivity index (χ2n) is 7.52. The van der Waals surface area contributed by atoms with E-state index in [0.29, 0.717) is 32.7 Å². The molecule has 2 aromatic carbocycles. The van der Waals surface area contributed by atoms with Crippen LogP contribution in [-0.2, 0) is 24.4 Å². The van der Waals surface area contributed by atoms with Gasteiger partial charge in [-0.3, -0.25) is 19.9 Å². The summed E-state index contributed by atoms with van der Waals surface area (Å²) in [5, 5.41) is 4.98. The molecule has 0 spiro atoms. The number of benzene rings is 2. The number of nitrogens with zero attached hydrogens (tertiary/aromatic N) is 1. The number of ether oxygens (including phenoxy) is 2. The number of hydrogen-bond donors (Lipinski definition) is 2. The van der Waals surface area contributed by atoms with Crippen molar-refractivity contribution in [3.05, 3.63) is 89.7 Å². The second-order valence-corrected chi connectivity index (χ2v) is 8.69. The molecule has 2 N–H and O–H groups in total. The first-order valence-electron chi connectivity index (χ1n) is 10.7. The van der Waals surface area contributed by atoms with Gasteiger partial charge in [0.25, 0.3) is 5.24 Å². The van der Waals surface area contributed by atoms with Crippen molar-refractivity contribution < 1.29 is 19.1 Å². The van der Waals surface area contributed by atoms with Crippen LogP contribution in [-0.4, -0.2) is 34.5 Å². The summed E-state index contributed by atoms with van der Waals surface area (Å²) in [6.07, 6.45) is 2.26. The largest absolute Gasteiger partial charge is 0.492 e. The fourth-order valence-corrected chi connectivity index (χ4v) is 4.12. The number of imide groups is 1. The zero-order valence-corrected chi connectivity index (χ0v) is 18.8. The molecule has 0 aliphatic carbocycles. The van der Waals surface area contributed by atoms with Crippen molar-refractivity contribution in [3.8, 4) is 11.5 Å². The molecule has 7 nitrogen and oxygen atoms in total. The lowest BCUT2D eigenvalue weighted by Gasteiger charge is -2.10. The summed E-state index contributed by atoms with van der Waals surface area (Å²) in [6, 6.07) is 21.5. The number of amides is 2. The molecule has 170 valence electrons. The first kappa shape index (κ1) is 22.8. The van der Waals surface area contributed by atoms with Gasteiger partial charge in [-0.15, -0.1) is 0 Å². The van der Waals surface area contributed by atoms with Crippen molar-refractivity contribution in [2.45, 2.75) is 24.8 Å². The maximum Gasteiger partial charge on any atom is 0.286 e. The minimum absolute atomic E-state index is 0.222. The molecule has 0 unspecified atom stereocenters. The molecule has 8 heteroatoms. The average molecular weight is 464 g/mol. The van der Waals surface area contributed by atoms with E-state index >= 15 is 0 Å². The molecule has 0 bridgehead atoms. The van der Waals surface area contributed by atoms with Gasteiger partial charge in [0.15, 0.2) is 0 Å². The second kappa shape index (κ2) is 11.5. The van der Waals surface area contributed by atoms with E-state index in [-0.39, 0.29) is 16.4 Å². The van der Waals surface area contributed by atoms with E-state index in [9.17, 15) is 9.59 Å². The molecule has 33 heavy (non-hydrogen) atoms. The van der Waals surface area contributed by atoms with Crippen LogP contribution in [0.15, 0.2) is 72.9 Å². The highest BCUT2D eigenvalue weighted by Crippen LogP contribution is 2.23. The highest BCUT2D eigenvalue weighted by atomic mass is 32.2. The Bertz CT molecular complexity index is 1060. The molecule has 1 aliphatic heterocycles. The summed E-state index contributed by atoms with van der Waals surface area (Å²) in [6.45, 7) is 2.36. The number of carbonyl (C=O) groups excluding carboxylic acids is 2. The Morgan fingerprint density at radius 3 is 2.39 bits per heavy atom. The van der Waals surface area contributed by atoms with E-state index in [1.54, 1.807) is 6.20 Å². The molecule has 1 saturated heterocycles. The van der Waals surface area contributed by atoms with Crippen LogP contribution in [0.3, 0.4) is 0 Å². The zero-order chi connectivity index (χ0) is 22.9. The summed E-state index contributed by atoms with van der Waals surface area (Å²) in [5.74, 6) is 1.28. The van der Waals surface area contributed by atoms with Gasteiger partial charge in [0.05, 0.1) is 17.1 Å². The van der Waals surface area contributed by atoms with Crippen molar-refractivity contribution in [1.82, 2.24) is 15.6 Å². The first-order valence-corrected chi connectivity index (χ1v) is 11.6. The number of aromatic nitrogens is 1. The normalized spacial score (nSPS) is 15.3. The molecule has 1 aromatic heterocycles. The Morgan fingerprint density at radius 1 is 0.909 bits per heavy atom. The van der Waals surface area contributed by atoms with Gasteiger partial charge in [-0.25, -0.2) is 0 Å². The van der Waals surface area contributed by atoms with Gasteiger partial charge in [-0.1, -0.05) is 54.2 Å². The number of hydrogen-bond acceptors (Lipinski definition) is 7. The third-order valence-electron chi connectivity index (χ3n) is 5.01. The van der Waals surface area contributed by atoms with Crippen LogP contribution in [0.4, 0.5) is 4.79 Å². The average Bonchev–Trinajstić information content (AvgIpc) is 3.16. The Balaban J connectivity index is 1.12. The number of pyridine rings is 1. The maximum atomic E-state index is 11.7. The molecule has 4 rings (SSSR count). The predicted octanol–water partition coefficient (Wildman–Crippen LogP) is 3.72. The van der Waals surface area contributed by atoms with Crippen LogP contribution in [0.1, 0.15) is 16.8 Å². The molecule has 2 heterocycles. The summed E-state index contributed by atoms with van der Waals surface area (Å²) < 4.78 is 11.5. The third kappa shape index (κ3) is 7.06. The molecule has 2 amide bonds. The van der Waals surface area contributed by atoms with Gasteiger partial charge in [0.1, 0.15) is 24.7 Å². The van der Waals surface area contributed by atoms with E-state index in [0.717, 1.165) is 40.1 Å². The maximum absolute atomic E-state index is 11.7. The minimum atomic E-state index is -0.355. The van der Waals surface area contributed by atoms with Crippen molar-refractivity contribution in [3.63, 3.8) is 0 Å². The van der Waals surface area contributed by atoms with Crippen molar-refractivity contribution in [2.24, 2.45) is 0 Å². The molecular weight excluding hydrogens is 438 g/mol. The SMILES string of the molecule is O=C1NC(=O)[C@@H](Cc2ccc(OCCNCc3ccc(OCc4ccccc4)cn3)cc2)S1. The fraction of sp³-hybridized carbons (Fsp3) is 0.240. The van der Waals surface area contributed by atoms with Gasteiger partial charge >= 0.3 is 0 Å². The zero-order valence-electron chi connectivity index (χ0n) is 18.0. The van der Waals surface area contributed by atoms with Crippen molar-refractivity contribution in [1.29, 1.82) is 0 Å². The summed E-state index contributed by atoms with van der Waals surface area (Å²) in [5.41, 5.74) is 3.04. The van der Waals surface area contributed by atoms with Crippen molar-refractivity contribution in [2.75, 3.05) is 13.2 Å². The lowest BCUT2D eigenvalue weighted by molar-refractivity contribution is -0.118. The molecule has 3 aromatic rings. The Labute approximate surface area is 196 Å². The lowest BCUT2D eigenvalue weighted by Crippen LogP contribution is -2.25. The van der Waals surface area contributed by atoms with E-state index in [1.165, 1.54) is 0 Å².